The van der Waals surface area contributed by atoms with Crippen LogP contribution in [-0.2, 0) is 16.8 Å². The van der Waals surface area contributed by atoms with Gasteiger partial charge in [0.25, 0.3) is 0 Å². The van der Waals surface area contributed by atoms with Crippen LogP contribution in [0.15, 0.2) is 52.9 Å². The number of nitrogens with one attached hydrogen (secondary N) is 1. The molecule has 0 saturated heterocycles. The summed E-state index contributed by atoms with van der Waals surface area (Å²) in [5.74, 6) is 0.437. The fourth-order valence-electron chi connectivity index (χ4n) is 2.90. The zero-order valence-electron chi connectivity index (χ0n) is 15.3. The largest absolute Gasteiger partial charge is 0.441 e. The predicted octanol–water partition coefficient (Wildman–Crippen LogP) is 5.04. The van der Waals surface area contributed by atoms with Crippen molar-refractivity contribution in [3.63, 3.8) is 0 Å². The van der Waals surface area contributed by atoms with E-state index in [1.807, 2.05) is 44.2 Å². The number of aromatic nitrogens is 1. The van der Waals surface area contributed by atoms with Crippen LogP contribution in [0, 0.1) is 12.7 Å². The van der Waals surface area contributed by atoms with Gasteiger partial charge in [-0.3, -0.25) is 4.79 Å². The Morgan fingerprint density at radius 3 is 2.59 bits per heavy atom. The van der Waals surface area contributed by atoms with Crippen molar-refractivity contribution < 1.29 is 13.6 Å². The number of carbonyl (C=O) groups excluding carboxylic acids is 1. The zero-order valence-corrected chi connectivity index (χ0v) is 16.1. The van der Waals surface area contributed by atoms with E-state index in [1.165, 1.54) is 12.1 Å². The normalized spacial score (nSPS) is 11.4. The molecule has 0 aliphatic rings. The number of hydrogen-bond donors (Lipinski definition) is 1. The number of carbonyl (C=O) groups is 1. The molecule has 2 aromatic carbocycles. The van der Waals surface area contributed by atoms with Crippen molar-refractivity contribution in [3.05, 3.63) is 76.4 Å². The minimum absolute atomic E-state index is 0.0738. The molecule has 0 bridgehead atoms. The number of halogens is 2. The van der Waals surface area contributed by atoms with Crippen LogP contribution in [0.25, 0.3) is 11.5 Å². The summed E-state index contributed by atoms with van der Waals surface area (Å²) >= 11 is 6.14. The summed E-state index contributed by atoms with van der Waals surface area (Å²) in [7, 11) is 0. The van der Waals surface area contributed by atoms with Crippen molar-refractivity contribution in [2.45, 2.75) is 32.7 Å². The first kappa shape index (κ1) is 19.1. The number of nitrogens with zero attached hydrogens (tertiary/aromatic N) is 1. The van der Waals surface area contributed by atoms with Gasteiger partial charge in [0.05, 0.1) is 17.7 Å². The summed E-state index contributed by atoms with van der Waals surface area (Å²) in [4.78, 5) is 17.0. The monoisotopic (exact) mass is 386 g/mol. The maximum Gasteiger partial charge on any atom is 0.226 e. The Kier molecular flexibility index (Phi) is 5.33. The molecule has 0 aliphatic carbocycles. The SMILES string of the molecule is Cc1oc(-c2ccccc2)nc1CC(=O)NC(C)(C)c1ccc(F)cc1Cl. The van der Waals surface area contributed by atoms with E-state index in [0.29, 0.717) is 22.9 Å². The Labute approximate surface area is 162 Å². The first-order valence-electron chi connectivity index (χ1n) is 8.54. The first-order chi connectivity index (χ1) is 12.8. The minimum atomic E-state index is -0.762. The third kappa shape index (κ3) is 4.37. The molecule has 0 atom stereocenters. The highest BCUT2D eigenvalue weighted by Crippen LogP contribution is 2.29. The number of benzene rings is 2. The van der Waals surface area contributed by atoms with Crippen molar-refractivity contribution in [1.82, 2.24) is 10.3 Å². The lowest BCUT2D eigenvalue weighted by molar-refractivity contribution is -0.122. The Hall–Kier alpha value is -2.66. The second-order valence-electron chi connectivity index (χ2n) is 6.86. The molecular weight excluding hydrogens is 367 g/mol. The van der Waals surface area contributed by atoms with Gasteiger partial charge in [0.15, 0.2) is 0 Å². The lowest BCUT2D eigenvalue weighted by Gasteiger charge is -2.28. The molecule has 27 heavy (non-hydrogen) atoms. The number of aryl methyl sites for hydroxylation is 1. The van der Waals surface area contributed by atoms with Gasteiger partial charge in [-0.05, 0) is 50.6 Å². The third-order valence-corrected chi connectivity index (χ3v) is 4.61. The summed E-state index contributed by atoms with van der Waals surface area (Å²) in [6.07, 6.45) is 0.0738. The van der Waals surface area contributed by atoms with Crippen LogP contribution in [0.2, 0.25) is 5.02 Å². The Bertz CT molecular complexity index is 968. The fraction of sp³-hybridized carbons (Fsp3) is 0.238. The van der Waals surface area contributed by atoms with Crippen molar-refractivity contribution in [1.29, 1.82) is 0 Å². The average Bonchev–Trinajstić information content (AvgIpc) is 2.95. The quantitative estimate of drug-likeness (QED) is 0.668. The third-order valence-electron chi connectivity index (χ3n) is 4.30. The smallest absolute Gasteiger partial charge is 0.226 e. The van der Waals surface area contributed by atoms with E-state index in [9.17, 15) is 9.18 Å². The van der Waals surface area contributed by atoms with Crippen molar-refractivity contribution >= 4 is 17.5 Å². The van der Waals surface area contributed by atoms with E-state index < -0.39 is 11.4 Å². The molecule has 1 heterocycles. The van der Waals surface area contributed by atoms with Gasteiger partial charge in [-0.1, -0.05) is 35.9 Å². The van der Waals surface area contributed by atoms with E-state index in [-0.39, 0.29) is 17.4 Å². The Morgan fingerprint density at radius 1 is 1.22 bits per heavy atom. The molecule has 1 aromatic heterocycles. The van der Waals surface area contributed by atoms with Crippen LogP contribution < -0.4 is 5.32 Å². The summed E-state index contributed by atoms with van der Waals surface area (Å²) in [5, 5.41) is 3.20. The van der Waals surface area contributed by atoms with Crippen LogP contribution in [0.3, 0.4) is 0 Å². The standard InChI is InChI=1S/C21H20ClFN2O2/c1-13-18(24-20(27-13)14-7-5-4-6-8-14)12-19(26)25-21(2,3)16-10-9-15(23)11-17(16)22/h4-11H,12H2,1-3H3,(H,25,26). The van der Waals surface area contributed by atoms with Crippen LogP contribution in [0.5, 0.6) is 0 Å². The molecule has 6 heteroatoms. The molecule has 0 saturated carbocycles. The zero-order chi connectivity index (χ0) is 19.6. The lowest BCUT2D eigenvalue weighted by Crippen LogP contribution is -2.42. The molecule has 0 radical (unpaired) electrons. The van der Waals surface area contributed by atoms with E-state index in [1.54, 1.807) is 13.0 Å². The summed E-state index contributed by atoms with van der Waals surface area (Å²) < 4.78 is 19.0. The second-order valence-corrected chi connectivity index (χ2v) is 7.27. The molecule has 0 fully saturated rings. The number of hydrogen-bond acceptors (Lipinski definition) is 3. The van der Waals surface area contributed by atoms with Crippen LogP contribution >= 0.6 is 11.6 Å². The van der Waals surface area contributed by atoms with Crippen molar-refractivity contribution in [3.8, 4) is 11.5 Å². The molecule has 3 aromatic rings. The van der Waals surface area contributed by atoms with Crippen LogP contribution in [0.4, 0.5) is 4.39 Å². The number of oxazole rings is 1. The van der Waals surface area contributed by atoms with Crippen LogP contribution in [-0.4, -0.2) is 10.9 Å². The van der Waals surface area contributed by atoms with Gasteiger partial charge in [0.2, 0.25) is 11.8 Å². The van der Waals surface area contributed by atoms with Crippen LogP contribution in [0.1, 0.15) is 30.9 Å². The summed E-state index contributed by atoms with van der Waals surface area (Å²) in [5.41, 5.74) is 1.31. The second kappa shape index (κ2) is 7.53. The van der Waals surface area contributed by atoms with E-state index in [4.69, 9.17) is 16.0 Å². The maximum atomic E-state index is 13.3. The van der Waals surface area contributed by atoms with Gasteiger partial charge >= 0.3 is 0 Å². The van der Waals surface area contributed by atoms with Gasteiger partial charge in [0.1, 0.15) is 11.6 Å². The molecule has 4 nitrogen and oxygen atoms in total. The summed E-state index contributed by atoms with van der Waals surface area (Å²) in [6.45, 7) is 5.41. The van der Waals surface area contributed by atoms with Crippen molar-refractivity contribution in [2.75, 3.05) is 0 Å². The van der Waals surface area contributed by atoms with Gasteiger partial charge in [0, 0.05) is 10.6 Å². The molecule has 3 rings (SSSR count). The van der Waals surface area contributed by atoms with Gasteiger partial charge < -0.3 is 9.73 Å². The molecule has 0 spiro atoms. The van der Waals surface area contributed by atoms with Gasteiger partial charge in [-0.25, -0.2) is 9.37 Å². The predicted molar refractivity (Wildman–Crippen MR) is 103 cm³/mol. The molecular formula is C21H20ClFN2O2. The fourth-order valence-corrected chi connectivity index (χ4v) is 3.31. The van der Waals surface area contributed by atoms with Gasteiger partial charge in [-0.2, -0.15) is 0 Å². The van der Waals surface area contributed by atoms with E-state index in [0.717, 1.165) is 5.56 Å². The average molecular weight is 387 g/mol. The molecule has 140 valence electrons. The topological polar surface area (TPSA) is 55.1 Å². The minimum Gasteiger partial charge on any atom is -0.441 e. The van der Waals surface area contributed by atoms with Gasteiger partial charge in [-0.15, -0.1) is 0 Å². The van der Waals surface area contributed by atoms with E-state index in [2.05, 4.69) is 10.3 Å². The highest BCUT2D eigenvalue weighted by molar-refractivity contribution is 6.31. The number of amides is 1. The van der Waals surface area contributed by atoms with E-state index >= 15 is 0 Å². The maximum absolute atomic E-state index is 13.3. The summed E-state index contributed by atoms with van der Waals surface area (Å²) in [6, 6.07) is 13.6. The molecule has 0 aliphatic heterocycles. The Balaban J connectivity index is 1.75. The van der Waals surface area contributed by atoms with Crippen molar-refractivity contribution in [2.24, 2.45) is 0 Å². The molecule has 1 N–H and O–H groups in total. The Morgan fingerprint density at radius 2 is 1.93 bits per heavy atom. The molecule has 0 unspecified atom stereocenters. The highest BCUT2D eigenvalue weighted by atomic mass is 35.5. The lowest BCUT2D eigenvalue weighted by atomic mass is 9.94. The number of rotatable bonds is 5. The molecule has 1 amide bonds. The highest BCUT2D eigenvalue weighted by Gasteiger charge is 2.26. The first-order valence-corrected chi connectivity index (χ1v) is 8.92.